The Morgan fingerprint density at radius 1 is 1.29 bits per heavy atom. The van der Waals surface area contributed by atoms with Crippen molar-refractivity contribution in [2.75, 3.05) is 19.9 Å². The molecule has 0 unspecified atom stereocenters. The fourth-order valence-electron chi connectivity index (χ4n) is 3.13. The van der Waals surface area contributed by atoms with Crippen LogP contribution in [0.5, 0.6) is 5.75 Å². The summed E-state index contributed by atoms with van der Waals surface area (Å²) in [6.45, 7) is 2.92. The van der Waals surface area contributed by atoms with Crippen LogP contribution in [-0.2, 0) is 16.6 Å². The molecule has 8 heteroatoms. The molecule has 0 N–H and O–H groups in total. The second-order valence-corrected chi connectivity index (χ2v) is 7.99. The van der Waals surface area contributed by atoms with Crippen LogP contribution in [0.1, 0.15) is 36.1 Å². The summed E-state index contributed by atoms with van der Waals surface area (Å²) in [7, 11) is -1.62. The summed E-state index contributed by atoms with van der Waals surface area (Å²) in [5, 5.41) is 4.46. The van der Waals surface area contributed by atoms with Gasteiger partial charge < -0.3 is 4.74 Å². The second kappa shape index (κ2) is 6.52. The first-order chi connectivity index (χ1) is 11.4. The van der Waals surface area contributed by atoms with Gasteiger partial charge in [0.2, 0.25) is 10.0 Å². The molecule has 1 saturated heterocycles. The molecule has 1 aliphatic heterocycles. The predicted molar refractivity (Wildman–Crippen MR) is 90.4 cm³/mol. The lowest BCUT2D eigenvalue weighted by Gasteiger charge is -2.21. The molecule has 0 aliphatic carbocycles. The predicted octanol–water partition coefficient (Wildman–Crippen LogP) is 1.74. The molecule has 2 aromatic rings. The van der Waals surface area contributed by atoms with E-state index in [0.29, 0.717) is 24.7 Å². The summed E-state index contributed by atoms with van der Waals surface area (Å²) in [4.78, 5) is 4.51. The molecule has 24 heavy (non-hydrogen) atoms. The van der Waals surface area contributed by atoms with E-state index in [1.165, 1.54) is 10.6 Å². The maximum absolute atomic E-state index is 12.0. The fourth-order valence-corrected chi connectivity index (χ4v) is 4.26. The molecule has 3 rings (SSSR count). The van der Waals surface area contributed by atoms with Crippen LogP contribution in [0.3, 0.4) is 0 Å². The van der Waals surface area contributed by atoms with Crippen molar-refractivity contribution in [3.63, 3.8) is 0 Å². The number of hydrogen-bond donors (Lipinski definition) is 0. The van der Waals surface area contributed by atoms with Crippen molar-refractivity contribution < 1.29 is 13.2 Å². The number of sulfonamides is 1. The smallest absolute Gasteiger partial charge is 0.211 e. The third kappa shape index (κ3) is 3.44. The first-order valence-corrected chi connectivity index (χ1v) is 9.74. The van der Waals surface area contributed by atoms with Crippen molar-refractivity contribution in [2.45, 2.75) is 32.4 Å². The normalized spacial score (nSPS) is 18.9. The van der Waals surface area contributed by atoms with E-state index in [0.717, 1.165) is 24.2 Å². The van der Waals surface area contributed by atoms with Crippen LogP contribution in [0.2, 0.25) is 0 Å². The average Bonchev–Trinajstić information content (AvgIpc) is 3.14. The highest BCUT2D eigenvalue weighted by Crippen LogP contribution is 2.33. The minimum Gasteiger partial charge on any atom is -0.497 e. The average molecular weight is 350 g/mol. The Hall–Kier alpha value is -1.93. The van der Waals surface area contributed by atoms with Gasteiger partial charge in [-0.2, -0.15) is 9.40 Å². The summed E-state index contributed by atoms with van der Waals surface area (Å²) >= 11 is 0. The van der Waals surface area contributed by atoms with Gasteiger partial charge in [-0.3, -0.25) is 0 Å². The summed E-state index contributed by atoms with van der Waals surface area (Å²) in [5.74, 6) is 2.16. The monoisotopic (exact) mass is 350 g/mol. The van der Waals surface area contributed by atoms with Crippen LogP contribution in [0.4, 0.5) is 0 Å². The van der Waals surface area contributed by atoms with Gasteiger partial charge in [-0.25, -0.2) is 18.1 Å². The number of aromatic nitrogens is 3. The van der Waals surface area contributed by atoms with E-state index < -0.39 is 10.0 Å². The van der Waals surface area contributed by atoms with Gasteiger partial charge >= 0.3 is 0 Å². The Morgan fingerprint density at radius 3 is 2.62 bits per heavy atom. The Bertz CT molecular complexity index is 814. The zero-order valence-corrected chi connectivity index (χ0v) is 15.0. The molecule has 0 bridgehead atoms. The maximum Gasteiger partial charge on any atom is 0.211 e. The zero-order chi connectivity index (χ0) is 17.3. The first kappa shape index (κ1) is 16.9. The summed E-state index contributed by atoms with van der Waals surface area (Å²) in [5.41, 5.74) is 1.06. The van der Waals surface area contributed by atoms with Crippen LogP contribution < -0.4 is 4.74 Å². The fraction of sp³-hybridized carbons (Fsp3) is 0.500. The van der Waals surface area contributed by atoms with Gasteiger partial charge in [-0.05, 0) is 37.5 Å². The third-order valence-electron chi connectivity index (χ3n) is 4.23. The van der Waals surface area contributed by atoms with E-state index >= 15 is 0 Å². The van der Waals surface area contributed by atoms with Crippen LogP contribution in [0.15, 0.2) is 24.3 Å². The van der Waals surface area contributed by atoms with Gasteiger partial charge in [-0.15, -0.1) is 0 Å². The molecule has 0 radical (unpaired) electrons. The number of aryl methyl sites for hydroxylation is 1. The van der Waals surface area contributed by atoms with Crippen molar-refractivity contribution >= 4 is 10.0 Å². The van der Waals surface area contributed by atoms with Crippen molar-refractivity contribution in [1.82, 2.24) is 19.1 Å². The molecule has 7 nitrogen and oxygen atoms in total. The Labute approximate surface area is 142 Å². The van der Waals surface area contributed by atoms with E-state index in [-0.39, 0.29) is 6.04 Å². The molecule has 1 aromatic heterocycles. The van der Waals surface area contributed by atoms with Gasteiger partial charge in [0.05, 0.1) is 26.0 Å². The minimum atomic E-state index is -3.25. The lowest BCUT2D eigenvalue weighted by atomic mass is 10.2. The lowest BCUT2D eigenvalue weighted by molar-refractivity contribution is 0.373. The Morgan fingerprint density at radius 2 is 2.00 bits per heavy atom. The number of hydrogen-bond acceptors (Lipinski definition) is 5. The Kier molecular flexibility index (Phi) is 4.60. The first-order valence-electron chi connectivity index (χ1n) is 7.89. The molecular weight excluding hydrogens is 328 g/mol. The number of ether oxygens (including phenoxy) is 1. The Balaban J connectivity index is 1.90. The standard InChI is InChI=1S/C16H22N4O3S/c1-12-17-16(15-5-4-10-20(15)24(3,21)22)19(18-12)11-13-6-8-14(23-2)9-7-13/h6-9,15H,4-5,10-11H2,1-3H3/t15-/m0/s1. The van der Waals surface area contributed by atoms with Crippen molar-refractivity contribution in [2.24, 2.45) is 0 Å². The molecule has 1 fully saturated rings. The number of methoxy groups -OCH3 is 1. The van der Waals surface area contributed by atoms with E-state index in [4.69, 9.17) is 4.74 Å². The highest BCUT2D eigenvalue weighted by atomic mass is 32.2. The molecule has 0 spiro atoms. The molecule has 1 atom stereocenters. The van der Waals surface area contributed by atoms with Crippen molar-refractivity contribution in [3.05, 3.63) is 41.5 Å². The lowest BCUT2D eigenvalue weighted by Crippen LogP contribution is -2.31. The molecule has 0 saturated carbocycles. The SMILES string of the molecule is COc1ccc(Cn2nc(C)nc2[C@@H]2CCCN2S(C)(=O)=O)cc1. The van der Waals surface area contributed by atoms with Gasteiger partial charge in [0.15, 0.2) is 0 Å². The zero-order valence-electron chi connectivity index (χ0n) is 14.1. The summed E-state index contributed by atoms with van der Waals surface area (Å²) in [6, 6.07) is 7.51. The molecular formula is C16H22N4O3S. The van der Waals surface area contributed by atoms with Crippen LogP contribution >= 0.6 is 0 Å². The van der Waals surface area contributed by atoms with Crippen molar-refractivity contribution in [3.8, 4) is 5.75 Å². The molecule has 0 amide bonds. The molecule has 1 aromatic carbocycles. The number of benzene rings is 1. The maximum atomic E-state index is 12.0. The highest BCUT2D eigenvalue weighted by molar-refractivity contribution is 7.88. The molecule has 2 heterocycles. The van der Waals surface area contributed by atoms with Crippen LogP contribution in [-0.4, -0.2) is 47.4 Å². The van der Waals surface area contributed by atoms with Gasteiger partial charge in [0, 0.05) is 6.54 Å². The third-order valence-corrected chi connectivity index (χ3v) is 5.51. The quantitative estimate of drug-likeness (QED) is 0.821. The van der Waals surface area contributed by atoms with E-state index in [1.807, 2.05) is 35.9 Å². The van der Waals surface area contributed by atoms with E-state index in [1.54, 1.807) is 7.11 Å². The van der Waals surface area contributed by atoms with E-state index in [2.05, 4.69) is 10.1 Å². The molecule has 1 aliphatic rings. The van der Waals surface area contributed by atoms with E-state index in [9.17, 15) is 8.42 Å². The molecule has 130 valence electrons. The van der Waals surface area contributed by atoms with Gasteiger partial charge in [0.1, 0.15) is 17.4 Å². The van der Waals surface area contributed by atoms with Crippen LogP contribution in [0, 0.1) is 6.92 Å². The van der Waals surface area contributed by atoms with Gasteiger partial charge in [-0.1, -0.05) is 12.1 Å². The topological polar surface area (TPSA) is 77.3 Å². The highest BCUT2D eigenvalue weighted by Gasteiger charge is 2.35. The summed E-state index contributed by atoms with van der Waals surface area (Å²) in [6.07, 6.45) is 2.86. The summed E-state index contributed by atoms with van der Waals surface area (Å²) < 4.78 is 32.5. The number of rotatable bonds is 5. The van der Waals surface area contributed by atoms with Gasteiger partial charge in [0.25, 0.3) is 0 Å². The van der Waals surface area contributed by atoms with Crippen molar-refractivity contribution in [1.29, 1.82) is 0 Å². The minimum absolute atomic E-state index is 0.237. The van der Waals surface area contributed by atoms with Crippen LogP contribution in [0.25, 0.3) is 0 Å². The second-order valence-electron chi connectivity index (χ2n) is 6.05. The number of nitrogens with zero attached hydrogens (tertiary/aromatic N) is 4. The largest absolute Gasteiger partial charge is 0.497 e.